The molecule has 3 aromatic rings. The Morgan fingerprint density at radius 2 is 2.33 bits per heavy atom. The van der Waals surface area contributed by atoms with Crippen molar-refractivity contribution in [1.29, 1.82) is 0 Å². The van der Waals surface area contributed by atoms with Crippen LogP contribution in [0, 0.1) is 6.92 Å². The molecule has 0 fully saturated rings. The SMILES string of the molecule is Cc1cc(NCCn2ccnn2)n2ncnc2n1. The third-order valence-electron chi connectivity index (χ3n) is 2.50. The second-order valence-corrected chi connectivity index (χ2v) is 3.85. The van der Waals surface area contributed by atoms with E-state index in [1.165, 1.54) is 6.33 Å². The van der Waals surface area contributed by atoms with E-state index in [4.69, 9.17) is 0 Å². The maximum Gasteiger partial charge on any atom is 0.254 e. The largest absolute Gasteiger partial charge is 0.368 e. The molecule has 8 heteroatoms. The Kier molecular flexibility index (Phi) is 2.60. The summed E-state index contributed by atoms with van der Waals surface area (Å²) in [6.45, 7) is 3.39. The number of aromatic nitrogens is 7. The summed E-state index contributed by atoms with van der Waals surface area (Å²) in [5.41, 5.74) is 0.902. The molecule has 0 aliphatic heterocycles. The molecule has 92 valence electrons. The molecule has 0 aromatic carbocycles. The van der Waals surface area contributed by atoms with Crippen LogP contribution in [-0.4, -0.2) is 41.1 Å². The highest BCUT2D eigenvalue weighted by Crippen LogP contribution is 2.09. The van der Waals surface area contributed by atoms with E-state index in [-0.39, 0.29) is 0 Å². The molecule has 3 aromatic heterocycles. The Morgan fingerprint density at radius 1 is 1.39 bits per heavy atom. The monoisotopic (exact) mass is 244 g/mol. The molecular formula is C10H12N8. The van der Waals surface area contributed by atoms with E-state index in [9.17, 15) is 0 Å². The van der Waals surface area contributed by atoms with Gasteiger partial charge in [0.15, 0.2) is 0 Å². The molecule has 0 unspecified atom stereocenters. The molecule has 0 saturated heterocycles. The average Bonchev–Trinajstić information content (AvgIpc) is 2.98. The molecule has 0 bridgehead atoms. The summed E-state index contributed by atoms with van der Waals surface area (Å²) in [5.74, 6) is 1.47. The highest BCUT2D eigenvalue weighted by atomic mass is 15.4. The molecule has 0 radical (unpaired) electrons. The van der Waals surface area contributed by atoms with Gasteiger partial charge in [-0.3, -0.25) is 4.68 Å². The molecule has 0 spiro atoms. The van der Waals surface area contributed by atoms with Crippen LogP contribution in [0.2, 0.25) is 0 Å². The quantitative estimate of drug-likeness (QED) is 0.702. The van der Waals surface area contributed by atoms with Gasteiger partial charge in [0, 0.05) is 24.5 Å². The van der Waals surface area contributed by atoms with Crippen molar-refractivity contribution in [2.24, 2.45) is 0 Å². The molecular weight excluding hydrogens is 232 g/mol. The highest BCUT2D eigenvalue weighted by molar-refractivity contribution is 5.44. The Morgan fingerprint density at radius 3 is 3.17 bits per heavy atom. The Balaban J connectivity index is 1.75. The number of hydrogen-bond donors (Lipinski definition) is 1. The molecule has 3 rings (SSSR count). The zero-order valence-electron chi connectivity index (χ0n) is 9.85. The van der Waals surface area contributed by atoms with Gasteiger partial charge in [-0.1, -0.05) is 5.21 Å². The Hall–Kier alpha value is -2.51. The van der Waals surface area contributed by atoms with E-state index in [2.05, 4.69) is 30.7 Å². The van der Waals surface area contributed by atoms with Crippen LogP contribution in [0.4, 0.5) is 5.82 Å². The minimum absolute atomic E-state index is 0.596. The van der Waals surface area contributed by atoms with E-state index in [1.54, 1.807) is 15.4 Å². The van der Waals surface area contributed by atoms with Crippen LogP contribution in [0.25, 0.3) is 5.78 Å². The lowest BCUT2D eigenvalue weighted by Gasteiger charge is -2.08. The molecule has 0 aliphatic rings. The van der Waals surface area contributed by atoms with Crippen LogP contribution < -0.4 is 5.32 Å². The minimum Gasteiger partial charge on any atom is -0.368 e. The molecule has 3 heterocycles. The second-order valence-electron chi connectivity index (χ2n) is 3.85. The molecule has 0 amide bonds. The maximum absolute atomic E-state index is 4.28. The number of fused-ring (bicyclic) bond motifs is 1. The summed E-state index contributed by atoms with van der Waals surface area (Å²) in [7, 11) is 0. The van der Waals surface area contributed by atoms with Gasteiger partial charge in [-0.15, -0.1) is 5.10 Å². The zero-order valence-corrected chi connectivity index (χ0v) is 9.85. The van der Waals surface area contributed by atoms with Crippen molar-refractivity contribution in [1.82, 2.24) is 34.6 Å². The normalized spacial score (nSPS) is 10.9. The van der Waals surface area contributed by atoms with Crippen molar-refractivity contribution in [3.63, 3.8) is 0 Å². The summed E-state index contributed by atoms with van der Waals surface area (Å²) >= 11 is 0. The summed E-state index contributed by atoms with van der Waals surface area (Å²) in [5, 5.41) is 15.1. The number of rotatable bonds is 4. The Bertz CT molecular complexity index is 641. The van der Waals surface area contributed by atoms with Gasteiger partial charge in [0.25, 0.3) is 5.78 Å². The van der Waals surface area contributed by atoms with E-state index < -0.39 is 0 Å². The van der Waals surface area contributed by atoms with Crippen LogP contribution >= 0.6 is 0 Å². The number of hydrogen-bond acceptors (Lipinski definition) is 6. The lowest BCUT2D eigenvalue weighted by Crippen LogP contribution is -2.14. The lowest BCUT2D eigenvalue weighted by molar-refractivity contribution is 0.607. The summed E-state index contributed by atoms with van der Waals surface area (Å²) in [4.78, 5) is 8.35. The fourth-order valence-corrected chi connectivity index (χ4v) is 1.71. The maximum atomic E-state index is 4.28. The average molecular weight is 244 g/mol. The third-order valence-corrected chi connectivity index (χ3v) is 2.50. The number of aryl methyl sites for hydroxylation is 1. The second kappa shape index (κ2) is 4.40. The first-order chi connectivity index (χ1) is 8.83. The predicted molar refractivity (Wildman–Crippen MR) is 64.0 cm³/mol. The number of nitrogens with one attached hydrogen (secondary N) is 1. The van der Waals surface area contributed by atoms with Gasteiger partial charge < -0.3 is 5.32 Å². The molecule has 8 nitrogen and oxygen atoms in total. The highest BCUT2D eigenvalue weighted by Gasteiger charge is 2.04. The first-order valence-electron chi connectivity index (χ1n) is 5.58. The number of anilines is 1. The molecule has 1 N–H and O–H groups in total. The molecule has 0 saturated carbocycles. The van der Waals surface area contributed by atoms with Gasteiger partial charge in [-0.05, 0) is 6.92 Å². The summed E-state index contributed by atoms with van der Waals surface area (Å²) < 4.78 is 3.44. The van der Waals surface area contributed by atoms with Crippen molar-refractivity contribution in [3.8, 4) is 0 Å². The number of nitrogens with zero attached hydrogens (tertiary/aromatic N) is 7. The summed E-state index contributed by atoms with van der Waals surface area (Å²) in [6.07, 6.45) is 4.97. The third kappa shape index (κ3) is 1.99. The van der Waals surface area contributed by atoms with Crippen LogP contribution in [0.3, 0.4) is 0 Å². The van der Waals surface area contributed by atoms with Crippen molar-refractivity contribution < 1.29 is 0 Å². The minimum atomic E-state index is 0.596. The van der Waals surface area contributed by atoms with E-state index in [0.29, 0.717) is 5.78 Å². The van der Waals surface area contributed by atoms with Gasteiger partial charge in [0.05, 0.1) is 12.7 Å². The zero-order chi connectivity index (χ0) is 12.4. The van der Waals surface area contributed by atoms with Gasteiger partial charge in [0.2, 0.25) is 0 Å². The van der Waals surface area contributed by atoms with Crippen molar-refractivity contribution in [2.45, 2.75) is 13.5 Å². The summed E-state index contributed by atoms with van der Waals surface area (Å²) in [6, 6.07) is 1.93. The first kappa shape index (κ1) is 10.6. The van der Waals surface area contributed by atoms with Crippen LogP contribution in [0.5, 0.6) is 0 Å². The standard InChI is InChI=1S/C10H12N8/c1-8-6-9(18-10(15-8)12-7-14-18)11-2-4-17-5-3-13-16-17/h3,5-7,11H,2,4H2,1H3. The van der Waals surface area contributed by atoms with Crippen LogP contribution in [0.1, 0.15) is 5.69 Å². The van der Waals surface area contributed by atoms with Crippen LogP contribution in [0.15, 0.2) is 24.8 Å². The van der Waals surface area contributed by atoms with Gasteiger partial charge in [0.1, 0.15) is 12.1 Å². The van der Waals surface area contributed by atoms with Crippen molar-refractivity contribution >= 4 is 11.6 Å². The lowest BCUT2D eigenvalue weighted by atomic mass is 10.4. The van der Waals surface area contributed by atoms with Crippen molar-refractivity contribution in [2.75, 3.05) is 11.9 Å². The topological polar surface area (TPSA) is 85.8 Å². The van der Waals surface area contributed by atoms with E-state index in [1.807, 2.05) is 19.2 Å². The van der Waals surface area contributed by atoms with Gasteiger partial charge >= 0.3 is 0 Å². The van der Waals surface area contributed by atoms with E-state index in [0.717, 1.165) is 24.6 Å². The Labute approximate surface area is 103 Å². The molecule has 18 heavy (non-hydrogen) atoms. The van der Waals surface area contributed by atoms with E-state index >= 15 is 0 Å². The van der Waals surface area contributed by atoms with Gasteiger partial charge in [-0.25, -0.2) is 4.98 Å². The van der Waals surface area contributed by atoms with Gasteiger partial charge in [-0.2, -0.15) is 14.6 Å². The predicted octanol–water partition coefficient (Wildman–Crippen LogP) is 0.136. The fourth-order valence-electron chi connectivity index (χ4n) is 1.71. The molecule has 0 atom stereocenters. The van der Waals surface area contributed by atoms with Crippen LogP contribution in [-0.2, 0) is 6.54 Å². The van der Waals surface area contributed by atoms with Crippen molar-refractivity contribution in [3.05, 3.63) is 30.5 Å². The molecule has 0 aliphatic carbocycles. The first-order valence-corrected chi connectivity index (χ1v) is 5.58. The smallest absolute Gasteiger partial charge is 0.254 e. The fraction of sp³-hybridized carbons (Fsp3) is 0.300.